The zero-order valence-corrected chi connectivity index (χ0v) is 14.3. The van der Waals surface area contributed by atoms with Gasteiger partial charge in [-0.1, -0.05) is 18.2 Å². The standard InChI is InChI=1S/C18H25N3O3/c1-14(22)21(10-5-11-24-2)13-18(23)19-9-8-15-12-20-17-7-4-3-6-16(15)17/h3-4,6-7,12,20H,5,8-11,13H2,1-2H3,(H,19,23). The molecule has 2 aromatic rings. The number of fused-ring (bicyclic) bond motifs is 1. The molecule has 2 rings (SSSR count). The second kappa shape index (κ2) is 9.08. The van der Waals surface area contributed by atoms with Crippen molar-refractivity contribution in [3.05, 3.63) is 36.0 Å². The van der Waals surface area contributed by atoms with Crippen molar-refractivity contribution in [3.8, 4) is 0 Å². The first-order valence-corrected chi connectivity index (χ1v) is 8.18. The van der Waals surface area contributed by atoms with Crippen molar-refractivity contribution in [1.82, 2.24) is 15.2 Å². The van der Waals surface area contributed by atoms with Crippen molar-refractivity contribution in [2.45, 2.75) is 19.8 Å². The van der Waals surface area contributed by atoms with Gasteiger partial charge in [-0.15, -0.1) is 0 Å². The van der Waals surface area contributed by atoms with E-state index in [0.29, 0.717) is 19.7 Å². The third-order valence-electron chi connectivity index (χ3n) is 3.95. The van der Waals surface area contributed by atoms with Gasteiger partial charge in [0.25, 0.3) is 0 Å². The van der Waals surface area contributed by atoms with Gasteiger partial charge in [-0.2, -0.15) is 0 Å². The van der Waals surface area contributed by atoms with Crippen molar-refractivity contribution >= 4 is 22.7 Å². The Hall–Kier alpha value is -2.34. The molecular weight excluding hydrogens is 306 g/mol. The number of aromatic nitrogens is 1. The number of para-hydroxylation sites is 1. The van der Waals surface area contributed by atoms with Crippen LogP contribution in [0.25, 0.3) is 10.9 Å². The molecule has 0 unspecified atom stereocenters. The summed E-state index contributed by atoms with van der Waals surface area (Å²) in [5.41, 5.74) is 2.27. The smallest absolute Gasteiger partial charge is 0.239 e. The van der Waals surface area contributed by atoms with Crippen LogP contribution in [-0.2, 0) is 20.7 Å². The summed E-state index contributed by atoms with van der Waals surface area (Å²) < 4.78 is 4.98. The highest BCUT2D eigenvalue weighted by molar-refractivity contribution is 5.84. The molecule has 0 aliphatic rings. The molecule has 1 heterocycles. The summed E-state index contributed by atoms with van der Waals surface area (Å²) in [7, 11) is 1.62. The fourth-order valence-corrected chi connectivity index (χ4v) is 2.65. The minimum Gasteiger partial charge on any atom is -0.385 e. The van der Waals surface area contributed by atoms with E-state index in [0.717, 1.165) is 18.4 Å². The van der Waals surface area contributed by atoms with Gasteiger partial charge in [0.05, 0.1) is 6.54 Å². The summed E-state index contributed by atoms with van der Waals surface area (Å²) in [6.07, 6.45) is 3.45. The lowest BCUT2D eigenvalue weighted by Crippen LogP contribution is -2.41. The molecule has 0 aliphatic heterocycles. The second-order valence-corrected chi connectivity index (χ2v) is 5.75. The number of hydrogen-bond acceptors (Lipinski definition) is 3. The summed E-state index contributed by atoms with van der Waals surface area (Å²) in [5.74, 6) is -0.236. The molecule has 130 valence electrons. The molecule has 0 spiro atoms. The van der Waals surface area contributed by atoms with E-state index in [4.69, 9.17) is 4.74 Å². The topological polar surface area (TPSA) is 74.4 Å². The Kier molecular flexibility index (Phi) is 6.81. The van der Waals surface area contributed by atoms with Crippen molar-refractivity contribution in [2.75, 3.05) is 33.4 Å². The number of aromatic amines is 1. The molecule has 6 nitrogen and oxygen atoms in total. The number of H-pyrrole nitrogens is 1. The minimum atomic E-state index is -0.137. The Balaban J connectivity index is 1.78. The third-order valence-corrected chi connectivity index (χ3v) is 3.95. The number of carbonyl (C=O) groups is 2. The molecule has 0 fully saturated rings. The SMILES string of the molecule is COCCCN(CC(=O)NCCc1c[nH]c2ccccc12)C(C)=O. The maximum absolute atomic E-state index is 12.0. The summed E-state index contributed by atoms with van der Waals surface area (Å²) in [4.78, 5) is 28.4. The summed E-state index contributed by atoms with van der Waals surface area (Å²) in [6.45, 7) is 3.22. The van der Waals surface area contributed by atoms with Crippen LogP contribution in [0.15, 0.2) is 30.5 Å². The highest BCUT2D eigenvalue weighted by atomic mass is 16.5. The second-order valence-electron chi connectivity index (χ2n) is 5.75. The molecule has 2 amide bonds. The molecular formula is C18H25N3O3. The number of nitrogens with zero attached hydrogens (tertiary/aromatic N) is 1. The molecule has 6 heteroatoms. The fourth-order valence-electron chi connectivity index (χ4n) is 2.65. The van der Waals surface area contributed by atoms with E-state index in [2.05, 4.69) is 16.4 Å². The molecule has 0 saturated heterocycles. The average Bonchev–Trinajstić information content (AvgIpc) is 2.97. The Labute approximate surface area is 142 Å². The fraction of sp³-hybridized carbons (Fsp3) is 0.444. The summed E-state index contributed by atoms with van der Waals surface area (Å²) in [5, 5.41) is 4.06. The maximum Gasteiger partial charge on any atom is 0.239 e. The number of benzene rings is 1. The largest absolute Gasteiger partial charge is 0.385 e. The van der Waals surface area contributed by atoms with Gasteiger partial charge in [0, 0.05) is 50.8 Å². The lowest BCUT2D eigenvalue weighted by atomic mass is 10.1. The zero-order chi connectivity index (χ0) is 17.4. The van der Waals surface area contributed by atoms with Crippen molar-refractivity contribution in [3.63, 3.8) is 0 Å². The van der Waals surface area contributed by atoms with Crippen LogP contribution in [0.3, 0.4) is 0 Å². The molecule has 1 aromatic heterocycles. The Morgan fingerprint density at radius 3 is 2.83 bits per heavy atom. The number of carbonyl (C=O) groups excluding carboxylic acids is 2. The Morgan fingerprint density at radius 2 is 2.08 bits per heavy atom. The molecule has 0 atom stereocenters. The first-order valence-electron chi connectivity index (χ1n) is 8.18. The van der Waals surface area contributed by atoms with E-state index in [1.54, 1.807) is 12.0 Å². The number of rotatable bonds is 9. The third kappa shape index (κ3) is 5.09. The molecule has 24 heavy (non-hydrogen) atoms. The van der Waals surface area contributed by atoms with E-state index in [-0.39, 0.29) is 18.4 Å². The van der Waals surface area contributed by atoms with Crippen molar-refractivity contribution in [1.29, 1.82) is 0 Å². The first-order chi connectivity index (χ1) is 11.6. The highest BCUT2D eigenvalue weighted by Crippen LogP contribution is 2.17. The average molecular weight is 331 g/mol. The van der Waals surface area contributed by atoms with Crippen LogP contribution in [0.4, 0.5) is 0 Å². The molecule has 0 bridgehead atoms. The van der Waals surface area contributed by atoms with Gasteiger partial charge in [0.15, 0.2) is 0 Å². The minimum absolute atomic E-state index is 0.0902. The van der Waals surface area contributed by atoms with E-state index >= 15 is 0 Å². The van der Waals surface area contributed by atoms with E-state index in [1.165, 1.54) is 17.9 Å². The van der Waals surface area contributed by atoms with E-state index in [1.807, 2.05) is 24.4 Å². The molecule has 0 saturated carbocycles. The van der Waals surface area contributed by atoms with Crippen LogP contribution in [0.5, 0.6) is 0 Å². The zero-order valence-electron chi connectivity index (χ0n) is 14.3. The lowest BCUT2D eigenvalue weighted by molar-refractivity contribution is -0.134. The number of hydrogen-bond donors (Lipinski definition) is 2. The van der Waals surface area contributed by atoms with Crippen molar-refractivity contribution < 1.29 is 14.3 Å². The van der Waals surface area contributed by atoms with Gasteiger partial charge in [-0.3, -0.25) is 9.59 Å². The Bertz CT molecular complexity index is 681. The number of ether oxygens (including phenoxy) is 1. The molecule has 0 radical (unpaired) electrons. The van der Waals surface area contributed by atoms with Gasteiger partial charge in [-0.25, -0.2) is 0 Å². The molecule has 1 aromatic carbocycles. The van der Waals surface area contributed by atoms with Gasteiger partial charge in [-0.05, 0) is 24.5 Å². The normalized spacial score (nSPS) is 10.8. The van der Waals surface area contributed by atoms with Gasteiger partial charge in [0.2, 0.25) is 11.8 Å². The van der Waals surface area contributed by atoms with Crippen LogP contribution >= 0.6 is 0 Å². The highest BCUT2D eigenvalue weighted by Gasteiger charge is 2.13. The predicted octanol–water partition coefficient (Wildman–Crippen LogP) is 1.71. The summed E-state index contributed by atoms with van der Waals surface area (Å²) in [6, 6.07) is 8.09. The van der Waals surface area contributed by atoms with Crippen LogP contribution in [-0.4, -0.2) is 55.0 Å². The van der Waals surface area contributed by atoms with Crippen LogP contribution in [0.2, 0.25) is 0 Å². The monoisotopic (exact) mass is 331 g/mol. The quantitative estimate of drug-likeness (QED) is 0.687. The number of amides is 2. The summed E-state index contributed by atoms with van der Waals surface area (Å²) >= 11 is 0. The number of nitrogens with one attached hydrogen (secondary N) is 2. The van der Waals surface area contributed by atoms with Crippen LogP contribution in [0.1, 0.15) is 18.9 Å². The van der Waals surface area contributed by atoms with Gasteiger partial charge < -0.3 is 19.9 Å². The molecule has 2 N–H and O–H groups in total. The van der Waals surface area contributed by atoms with Gasteiger partial charge in [0.1, 0.15) is 0 Å². The van der Waals surface area contributed by atoms with Crippen LogP contribution in [0, 0.1) is 0 Å². The van der Waals surface area contributed by atoms with E-state index in [9.17, 15) is 9.59 Å². The van der Waals surface area contributed by atoms with Crippen molar-refractivity contribution in [2.24, 2.45) is 0 Å². The maximum atomic E-state index is 12.0. The number of methoxy groups -OCH3 is 1. The van der Waals surface area contributed by atoms with Gasteiger partial charge >= 0.3 is 0 Å². The first kappa shape index (κ1) is 18.0. The van der Waals surface area contributed by atoms with E-state index < -0.39 is 0 Å². The molecule has 0 aliphatic carbocycles. The van der Waals surface area contributed by atoms with Crippen LogP contribution < -0.4 is 5.32 Å². The lowest BCUT2D eigenvalue weighted by Gasteiger charge is -2.20. The Morgan fingerprint density at radius 1 is 1.29 bits per heavy atom. The predicted molar refractivity (Wildman–Crippen MR) is 93.8 cm³/mol.